The summed E-state index contributed by atoms with van der Waals surface area (Å²) in [6.07, 6.45) is 15.6. The van der Waals surface area contributed by atoms with E-state index in [1.165, 1.54) is 42.9 Å². The van der Waals surface area contributed by atoms with Crippen LogP contribution in [-0.2, 0) is 25.8 Å². The third-order valence-corrected chi connectivity index (χ3v) is 9.73. The monoisotopic (exact) mass is 628 g/mol. The second kappa shape index (κ2) is 15.0. The first-order valence-electron chi connectivity index (χ1n) is 10.8. The van der Waals surface area contributed by atoms with Gasteiger partial charge in [-0.25, -0.2) is 18.1 Å². The van der Waals surface area contributed by atoms with Crippen LogP contribution in [0.2, 0.25) is 0 Å². The van der Waals surface area contributed by atoms with Crippen molar-refractivity contribution in [3.05, 3.63) is 66.6 Å². The summed E-state index contributed by atoms with van der Waals surface area (Å²) in [5.41, 5.74) is 3.23. The summed E-state index contributed by atoms with van der Waals surface area (Å²) < 4.78 is 0. The quantitative estimate of drug-likeness (QED) is 0.270. The van der Waals surface area contributed by atoms with Crippen LogP contribution in [0.25, 0.3) is 10.8 Å². The van der Waals surface area contributed by atoms with Crippen LogP contribution in [0.15, 0.2) is 60.2 Å². The fourth-order valence-corrected chi connectivity index (χ4v) is 7.53. The average Bonchev–Trinajstić information content (AvgIpc) is 3.34. The summed E-state index contributed by atoms with van der Waals surface area (Å²) in [6, 6.07) is 13.6. The second-order valence-corrected chi connectivity index (χ2v) is 11.2. The molecule has 4 heteroatoms. The number of hydrogen-bond acceptors (Lipinski definition) is 0. The normalized spacial score (nSPS) is 19.3. The maximum atomic E-state index is 2.43. The summed E-state index contributed by atoms with van der Waals surface area (Å²) >= 11 is 0. The molecule has 0 amide bonds. The largest absolute Gasteiger partial charge is 4.00 e. The van der Waals surface area contributed by atoms with Gasteiger partial charge >= 0.3 is 25.8 Å². The smallest absolute Gasteiger partial charge is 1.00 e. The van der Waals surface area contributed by atoms with Crippen LogP contribution in [0, 0.1) is 12.3 Å². The van der Waals surface area contributed by atoms with E-state index in [0.717, 1.165) is 17.2 Å². The maximum Gasteiger partial charge on any atom is 4.00 e. The van der Waals surface area contributed by atoms with E-state index in [9.17, 15) is 0 Å². The summed E-state index contributed by atoms with van der Waals surface area (Å²) in [4.78, 5) is 0. The molecule has 162 valence electrons. The predicted octanol–water partition coefficient (Wildman–Crippen LogP) is 1.76. The van der Waals surface area contributed by atoms with E-state index in [2.05, 4.69) is 88.7 Å². The molecule has 0 bridgehead atoms. The van der Waals surface area contributed by atoms with Gasteiger partial charge in [0.1, 0.15) is 0 Å². The summed E-state index contributed by atoms with van der Waals surface area (Å²) in [6.45, 7) is 9.50. The minimum atomic E-state index is -0.0252. The molecule has 0 N–H and O–H groups in total. The molecule has 0 saturated heterocycles. The van der Waals surface area contributed by atoms with Gasteiger partial charge in [0.2, 0.25) is 0 Å². The van der Waals surface area contributed by atoms with Gasteiger partial charge < -0.3 is 24.8 Å². The average molecular weight is 628 g/mol. The molecule has 0 aromatic heterocycles. The van der Waals surface area contributed by atoms with Crippen molar-refractivity contribution in [2.45, 2.75) is 71.1 Å². The van der Waals surface area contributed by atoms with Crippen molar-refractivity contribution in [1.29, 1.82) is 0 Å². The van der Waals surface area contributed by atoms with Crippen LogP contribution in [-0.4, -0.2) is 11.3 Å². The minimum Gasteiger partial charge on any atom is -1.00 e. The van der Waals surface area contributed by atoms with Crippen LogP contribution in [0.4, 0.5) is 0 Å². The van der Waals surface area contributed by atoms with Gasteiger partial charge in [-0.1, -0.05) is 48.1 Å². The second-order valence-electron chi connectivity index (χ2n) is 8.07. The van der Waals surface area contributed by atoms with E-state index < -0.39 is 0 Å². The molecule has 0 nitrogen and oxygen atoms in total. The first kappa shape index (κ1) is 30.1. The van der Waals surface area contributed by atoms with Gasteiger partial charge in [-0.05, 0) is 36.5 Å². The van der Waals surface area contributed by atoms with Crippen LogP contribution in [0.5, 0.6) is 0 Å². The number of rotatable bonds is 5. The van der Waals surface area contributed by atoms with Gasteiger partial charge in [-0.2, -0.15) is 6.07 Å². The van der Waals surface area contributed by atoms with E-state index in [0.29, 0.717) is 0 Å². The van der Waals surface area contributed by atoms with Crippen LogP contribution in [0.1, 0.15) is 59.8 Å². The number of benzene rings is 1. The Morgan fingerprint density at radius 2 is 1.73 bits per heavy atom. The zero-order chi connectivity index (χ0) is 19.2. The van der Waals surface area contributed by atoms with E-state index in [4.69, 9.17) is 0 Å². The molecule has 1 saturated carbocycles. The Morgan fingerprint density at radius 3 is 2.33 bits per heavy atom. The zero-order valence-corrected chi connectivity index (χ0v) is 24.7. The Hall–Kier alpha value is 0.0601. The van der Waals surface area contributed by atoms with Crippen LogP contribution in [0.3, 0.4) is 0 Å². The Bertz CT molecular complexity index is 752. The van der Waals surface area contributed by atoms with Crippen molar-refractivity contribution in [3.63, 3.8) is 0 Å². The van der Waals surface area contributed by atoms with Crippen molar-refractivity contribution in [2.24, 2.45) is 5.92 Å². The number of halogens is 2. The third kappa shape index (κ3) is 7.58. The number of allylic oxidation sites excluding steroid dienone is 4. The molecule has 0 heterocycles. The van der Waals surface area contributed by atoms with Crippen LogP contribution < -0.4 is 30.1 Å². The molecule has 0 radical (unpaired) electrons. The van der Waals surface area contributed by atoms with Gasteiger partial charge in [0.15, 0.2) is 0 Å². The van der Waals surface area contributed by atoms with E-state index >= 15 is 0 Å². The van der Waals surface area contributed by atoms with Crippen LogP contribution >= 0.6 is 7.92 Å². The molecule has 30 heavy (non-hydrogen) atoms. The molecule has 2 aliphatic rings. The molecule has 2 aromatic carbocycles. The maximum absolute atomic E-state index is 2.43. The third-order valence-electron chi connectivity index (χ3n) is 6.24. The van der Waals surface area contributed by atoms with E-state index in [1.54, 1.807) is 10.9 Å². The Labute approximate surface area is 217 Å². The summed E-state index contributed by atoms with van der Waals surface area (Å²) in [5.74, 6) is 0.884. The topological polar surface area (TPSA) is 0 Å². The molecule has 3 unspecified atom stereocenters. The molecule has 1 fully saturated rings. The predicted molar refractivity (Wildman–Crippen MR) is 124 cm³/mol. The molecular weight excluding hydrogens is 593 g/mol. The van der Waals surface area contributed by atoms with Crippen molar-refractivity contribution in [2.75, 3.05) is 0 Å². The zero-order valence-electron chi connectivity index (χ0n) is 18.7. The first-order chi connectivity index (χ1) is 13.1. The molecule has 2 aliphatic carbocycles. The Balaban J connectivity index is 0.000000597. The molecule has 0 spiro atoms. The van der Waals surface area contributed by atoms with Crippen molar-refractivity contribution >= 4 is 24.0 Å². The Kier molecular flexibility index (Phi) is 15.0. The molecule has 4 rings (SSSR count). The van der Waals surface area contributed by atoms with E-state index in [-0.39, 0.29) is 58.6 Å². The Morgan fingerprint density at radius 1 is 1.07 bits per heavy atom. The van der Waals surface area contributed by atoms with Gasteiger partial charge in [0.25, 0.3) is 0 Å². The van der Waals surface area contributed by atoms with Crippen molar-refractivity contribution in [3.8, 4) is 0 Å². The molecular formula is C26H35Cl2HfP. The fourth-order valence-electron chi connectivity index (χ4n) is 4.28. The molecule has 3 atom stereocenters. The number of fused-ring (bicyclic) bond motifs is 2. The fraction of sp³-hybridized carbons (Fsp3) is 0.462. The standard InChI is InChI=1S/C17H24P.C9H11.2ClH.Hf/c1-5-13(3)18(14(4)6-2)17-11-15-9-7-8-10-16(15)12-17;1-2-5-9-7-3-6-8(9)4-1;;;/h7-14H,5-6H2,1-4H3;1-2,4,6,9H,3,5,7H2;2*1H;/q2*-1;;;+4/p-2. The molecule has 0 aliphatic heterocycles. The SMILES string of the molecule is C1=CCC2CC[CH-]C2=C1.CCC(C)P(c1cc2ccccc2[cH-]1)C(C)CC.[Cl-].[Cl-].[Hf+4]. The number of hydrogen-bond donors (Lipinski definition) is 0. The summed E-state index contributed by atoms with van der Waals surface area (Å²) in [7, 11) is -0.0252. The van der Waals surface area contributed by atoms with Crippen molar-refractivity contribution in [1.82, 2.24) is 0 Å². The van der Waals surface area contributed by atoms with Gasteiger partial charge in [-0.15, -0.1) is 58.9 Å². The first-order valence-corrected chi connectivity index (χ1v) is 12.3. The van der Waals surface area contributed by atoms with Gasteiger partial charge in [0, 0.05) is 0 Å². The van der Waals surface area contributed by atoms with Crippen molar-refractivity contribution < 1.29 is 50.7 Å². The van der Waals surface area contributed by atoms with Gasteiger partial charge in [-0.3, -0.25) is 0 Å². The molecule has 2 aromatic rings. The van der Waals surface area contributed by atoms with Gasteiger partial charge in [0.05, 0.1) is 0 Å². The van der Waals surface area contributed by atoms with E-state index in [1.807, 2.05) is 0 Å². The minimum absolute atomic E-state index is 0. The summed E-state index contributed by atoms with van der Waals surface area (Å²) in [5, 5.41) is 4.42.